The second kappa shape index (κ2) is 14.1. The Balaban J connectivity index is 1.81. The molecule has 3 N–H and O–H groups in total. The molecule has 2 aliphatic rings. The quantitative estimate of drug-likeness (QED) is 0.0682. The molecule has 11 heteroatoms. The van der Waals surface area contributed by atoms with Gasteiger partial charge in [0.1, 0.15) is 31.4 Å². The Morgan fingerprint density at radius 2 is 1.02 bits per heavy atom. The van der Waals surface area contributed by atoms with Crippen LogP contribution in [0.25, 0.3) is 37.5 Å². The summed E-state index contributed by atoms with van der Waals surface area (Å²) in [5.41, 5.74) is 10.3. The van der Waals surface area contributed by atoms with E-state index in [0.717, 1.165) is 56.4 Å². The fourth-order valence-electron chi connectivity index (χ4n) is 8.85. The first-order valence-corrected chi connectivity index (χ1v) is 18.9. The number of aliphatic hydroxyl groups excluding tert-OH is 1. The molecule has 0 radical (unpaired) electrons. The van der Waals surface area contributed by atoms with Crippen molar-refractivity contribution in [1.82, 2.24) is 0 Å². The van der Waals surface area contributed by atoms with E-state index in [4.69, 9.17) is 6.57 Å². The lowest BCUT2D eigenvalue weighted by Gasteiger charge is -2.36. The highest BCUT2D eigenvalue weighted by Crippen LogP contribution is 2.60. The van der Waals surface area contributed by atoms with Crippen molar-refractivity contribution in [3.05, 3.63) is 123 Å². The van der Waals surface area contributed by atoms with Gasteiger partial charge in [-0.2, -0.15) is 0 Å². The van der Waals surface area contributed by atoms with Crippen molar-refractivity contribution in [3.63, 3.8) is 0 Å². The van der Waals surface area contributed by atoms with Crippen LogP contribution in [-0.2, 0) is 0 Å². The first-order chi connectivity index (χ1) is 27.5. The van der Waals surface area contributed by atoms with Gasteiger partial charge in [-0.25, -0.2) is 14.7 Å². The SMILES string of the molecule is [C-]#[N+]/C(C#N)=C1\C(=C2c3cccc(N(C)C)c3C(=[N+](C)C)c3c2cccc3N(C)C)C(O)=C1c1c2c(O)ccc(N(C)C)c2c(N(C)C)c2c(N(C)C)ccc(O)c12. The van der Waals surface area contributed by atoms with Gasteiger partial charge in [0.05, 0.1) is 40.8 Å². The van der Waals surface area contributed by atoms with E-state index < -0.39 is 0 Å². The topological polar surface area (TPSA) is 108 Å². The summed E-state index contributed by atoms with van der Waals surface area (Å²) in [6, 6.07) is 21.2. The first kappa shape index (κ1) is 39.1. The van der Waals surface area contributed by atoms with Crippen LogP contribution in [0.2, 0.25) is 0 Å². The predicted octanol–water partition coefficient (Wildman–Crippen LogP) is 7.64. The van der Waals surface area contributed by atoms with Crippen molar-refractivity contribution in [2.75, 3.05) is 109 Å². The van der Waals surface area contributed by atoms with E-state index in [0.29, 0.717) is 38.3 Å². The maximum atomic E-state index is 12.9. The Hall–Kier alpha value is -7.11. The van der Waals surface area contributed by atoms with Crippen molar-refractivity contribution in [2.24, 2.45) is 0 Å². The molecule has 0 atom stereocenters. The second-order valence-electron chi connectivity index (χ2n) is 16.0. The van der Waals surface area contributed by atoms with Gasteiger partial charge in [0, 0.05) is 131 Å². The van der Waals surface area contributed by atoms with Crippen molar-refractivity contribution in [2.45, 2.75) is 0 Å². The molecule has 0 aliphatic heterocycles. The van der Waals surface area contributed by atoms with Crippen molar-refractivity contribution >= 4 is 66.8 Å². The van der Waals surface area contributed by atoms with Gasteiger partial charge in [-0.1, -0.05) is 24.3 Å². The molecule has 5 aromatic rings. The van der Waals surface area contributed by atoms with Crippen LogP contribution in [0.3, 0.4) is 0 Å². The lowest BCUT2D eigenvalue weighted by molar-refractivity contribution is -0.463. The van der Waals surface area contributed by atoms with Gasteiger partial charge in [0.2, 0.25) is 5.71 Å². The average molecular weight is 774 g/mol. The summed E-state index contributed by atoms with van der Waals surface area (Å²) in [6.45, 7) is 8.37. The number of benzene rings is 5. The molecule has 0 aromatic heterocycles. The van der Waals surface area contributed by atoms with Gasteiger partial charge in [0.15, 0.2) is 0 Å². The predicted molar refractivity (Wildman–Crippen MR) is 239 cm³/mol. The largest absolute Gasteiger partial charge is 0.507 e. The number of aromatic hydroxyl groups is 2. The first-order valence-electron chi connectivity index (χ1n) is 18.9. The third kappa shape index (κ3) is 5.49. The summed E-state index contributed by atoms with van der Waals surface area (Å²) in [4.78, 5) is 13.8. The molecule has 0 bridgehead atoms. The van der Waals surface area contributed by atoms with Crippen LogP contribution in [0, 0.1) is 17.9 Å². The van der Waals surface area contributed by atoms with Crippen LogP contribution in [0.5, 0.6) is 11.5 Å². The van der Waals surface area contributed by atoms with Crippen LogP contribution in [0.15, 0.2) is 83.3 Å². The number of allylic oxidation sites excluding steroid dienone is 3. The number of fused-ring (bicyclic) bond motifs is 4. The molecule has 11 nitrogen and oxygen atoms in total. The van der Waals surface area contributed by atoms with Crippen LogP contribution in [0.1, 0.15) is 27.8 Å². The van der Waals surface area contributed by atoms with E-state index in [1.54, 1.807) is 12.1 Å². The fraction of sp³-hybridized carbons (Fsp3) is 0.255. The average Bonchev–Trinajstić information content (AvgIpc) is 3.16. The zero-order valence-corrected chi connectivity index (χ0v) is 35.2. The minimum absolute atomic E-state index is 0.0813. The standard InChI is InChI=1S/C47H48N8O3/c1-49-27(24-48)37-43(34-25-16-14-18-28(50(2)3)35(25)45(54(10)11)36-26(34)17-15-19-29(36)51(4)5)47(58)44(37)42-40-32(56)22-20-30(52(6)7)38(40)46(55(12)13)39-31(53(8)9)21-23-33(57)41(39)42/h14-23H,2-13H3,(H2-,56,57,58)/p+1/b37-27+. The Kier molecular flexibility index (Phi) is 9.53. The Bertz CT molecular complexity index is 2680. The number of hydrogen-bond acceptors (Lipinski definition) is 9. The van der Waals surface area contributed by atoms with E-state index >= 15 is 0 Å². The molecule has 7 rings (SSSR count). The number of anilines is 5. The Labute approximate surface area is 340 Å². The Morgan fingerprint density at radius 3 is 1.38 bits per heavy atom. The number of nitrogens with zero attached hydrogens (tertiary/aromatic N) is 8. The summed E-state index contributed by atoms with van der Waals surface area (Å²) in [6.07, 6.45) is 0. The summed E-state index contributed by atoms with van der Waals surface area (Å²) in [5.74, 6) is -0.314. The monoisotopic (exact) mass is 773 g/mol. The van der Waals surface area contributed by atoms with Crippen LogP contribution >= 0.6 is 0 Å². The van der Waals surface area contributed by atoms with Gasteiger partial charge in [-0.15, -0.1) is 0 Å². The third-order valence-electron chi connectivity index (χ3n) is 11.1. The van der Waals surface area contributed by atoms with Crippen molar-refractivity contribution in [1.29, 1.82) is 5.26 Å². The summed E-state index contributed by atoms with van der Waals surface area (Å²) in [5, 5.41) is 49.8. The van der Waals surface area contributed by atoms with Gasteiger partial charge in [-0.3, -0.25) is 0 Å². The smallest absolute Gasteiger partial charge is 0.270 e. The molecule has 0 unspecified atom stereocenters. The third-order valence-corrected chi connectivity index (χ3v) is 11.1. The number of hydrogen-bond donors (Lipinski definition) is 3. The van der Waals surface area contributed by atoms with E-state index in [9.17, 15) is 20.6 Å². The molecule has 0 saturated heterocycles. The normalized spacial score (nSPS) is 14.1. The van der Waals surface area contributed by atoms with Gasteiger partial charge in [0.25, 0.3) is 5.70 Å². The molecule has 0 heterocycles. The molecule has 0 spiro atoms. The second-order valence-corrected chi connectivity index (χ2v) is 16.0. The Morgan fingerprint density at radius 1 is 0.569 bits per heavy atom. The molecule has 0 fully saturated rings. The fourth-order valence-corrected chi connectivity index (χ4v) is 8.85. The lowest BCUT2D eigenvalue weighted by atomic mass is 9.68. The summed E-state index contributed by atoms with van der Waals surface area (Å²) in [7, 11) is 23.6. The molecule has 5 aromatic carbocycles. The molecule has 0 amide bonds. The number of phenolic OH excluding ortho intramolecular Hbond substituents is 2. The molecule has 0 saturated carbocycles. The van der Waals surface area contributed by atoms with E-state index in [1.165, 1.54) is 0 Å². The van der Waals surface area contributed by atoms with E-state index in [-0.39, 0.29) is 34.1 Å². The highest BCUT2D eigenvalue weighted by atomic mass is 16.3. The van der Waals surface area contributed by atoms with E-state index in [2.05, 4.69) is 37.4 Å². The minimum Gasteiger partial charge on any atom is -0.507 e. The van der Waals surface area contributed by atoms with Gasteiger partial charge in [-0.05, 0) is 47.5 Å². The van der Waals surface area contributed by atoms with E-state index in [1.807, 2.05) is 136 Å². The van der Waals surface area contributed by atoms with Gasteiger partial charge < -0.3 is 39.8 Å². The van der Waals surface area contributed by atoms with Crippen LogP contribution < -0.4 is 24.5 Å². The number of nitriles is 1. The maximum Gasteiger partial charge on any atom is 0.270 e. The molecule has 2 aliphatic carbocycles. The highest BCUT2D eigenvalue weighted by molar-refractivity contribution is 6.31. The summed E-state index contributed by atoms with van der Waals surface area (Å²) < 4.78 is 2.11. The lowest BCUT2D eigenvalue weighted by Crippen LogP contribution is -2.30. The molecule has 58 heavy (non-hydrogen) atoms. The van der Waals surface area contributed by atoms with Gasteiger partial charge >= 0.3 is 0 Å². The zero-order chi connectivity index (χ0) is 42.2. The molecular formula is C47H49N8O3+. The molecular weight excluding hydrogens is 725 g/mol. The zero-order valence-electron chi connectivity index (χ0n) is 35.2. The summed E-state index contributed by atoms with van der Waals surface area (Å²) >= 11 is 0. The maximum absolute atomic E-state index is 12.9. The van der Waals surface area contributed by atoms with Crippen molar-refractivity contribution in [3.8, 4) is 17.6 Å². The van der Waals surface area contributed by atoms with Crippen LogP contribution in [-0.4, -0.2) is 110 Å². The van der Waals surface area contributed by atoms with Crippen molar-refractivity contribution < 1.29 is 19.9 Å². The van der Waals surface area contributed by atoms with Crippen LogP contribution in [0.4, 0.5) is 28.4 Å². The minimum atomic E-state index is -0.224. The number of aliphatic hydroxyl groups is 1. The highest BCUT2D eigenvalue weighted by Gasteiger charge is 2.44. The molecule has 294 valence electrons. The number of phenols is 2. The number of rotatable bonds is 6.